The molecule has 0 atom stereocenters. The lowest BCUT2D eigenvalue weighted by molar-refractivity contribution is -0.142. The molecule has 0 aliphatic carbocycles. The molecule has 0 radical (unpaired) electrons. The third-order valence-electron chi connectivity index (χ3n) is 3.59. The molecule has 138 valence electrons. The molecule has 0 saturated carbocycles. The van der Waals surface area contributed by atoms with E-state index in [-0.39, 0.29) is 0 Å². The summed E-state index contributed by atoms with van der Waals surface area (Å²) in [4.78, 5) is 24.5. The van der Waals surface area contributed by atoms with E-state index in [1.165, 1.54) is 6.08 Å². The van der Waals surface area contributed by atoms with Crippen molar-refractivity contribution in [2.75, 3.05) is 11.9 Å². The molecule has 0 fully saturated rings. The molecular weight excluding hydrogens is 384 g/mol. The van der Waals surface area contributed by atoms with E-state index in [1.54, 1.807) is 30.3 Å². The number of nitrogens with one attached hydrogen (secondary N) is 1. The minimum Gasteiger partial charge on any atom is -0.452 e. The second-order valence-electron chi connectivity index (χ2n) is 5.67. The van der Waals surface area contributed by atoms with E-state index in [2.05, 4.69) is 5.32 Å². The van der Waals surface area contributed by atoms with Crippen LogP contribution in [0.4, 0.5) is 5.69 Å². The molecule has 5 nitrogen and oxygen atoms in total. The van der Waals surface area contributed by atoms with Crippen molar-refractivity contribution in [3.8, 4) is 5.40 Å². The highest BCUT2D eigenvalue weighted by atomic mass is 35.5. The third-order valence-corrected chi connectivity index (χ3v) is 4.58. The molecular formula is C20H17ClN2O3S. The maximum atomic E-state index is 11.9. The molecule has 0 aromatic heterocycles. The molecule has 27 heavy (non-hydrogen) atoms. The lowest BCUT2D eigenvalue weighted by Gasteiger charge is -2.09. The number of halogens is 1. The van der Waals surface area contributed by atoms with E-state index in [0.717, 1.165) is 33.3 Å². The summed E-state index contributed by atoms with van der Waals surface area (Å²) in [7, 11) is 0. The first-order valence-electron chi connectivity index (χ1n) is 7.96. The quantitative estimate of drug-likeness (QED) is 0.328. The summed E-state index contributed by atoms with van der Waals surface area (Å²) >= 11 is 7.07. The Labute approximate surface area is 167 Å². The highest BCUT2D eigenvalue weighted by molar-refractivity contribution is 8.03. The smallest absolute Gasteiger partial charge is 0.331 e. The van der Waals surface area contributed by atoms with Crippen LogP contribution < -0.4 is 5.32 Å². The molecule has 1 N–H and O–H groups in total. The second kappa shape index (κ2) is 9.81. The first-order chi connectivity index (χ1) is 12.9. The van der Waals surface area contributed by atoms with Gasteiger partial charge in [-0.1, -0.05) is 23.7 Å². The van der Waals surface area contributed by atoms with Crippen LogP contribution in [0.3, 0.4) is 0 Å². The molecule has 2 aromatic carbocycles. The van der Waals surface area contributed by atoms with Crippen molar-refractivity contribution in [2.24, 2.45) is 0 Å². The zero-order chi connectivity index (χ0) is 19.8. The summed E-state index contributed by atoms with van der Waals surface area (Å²) in [6, 6.07) is 10.7. The first kappa shape index (κ1) is 20.6. The van der Waals surface area contributed by atoms with Crippen molar-refractivity contribution < 1.29 is 14.3 Å². The normalized spacial score (nSPS) is 10.4. The summed E-state index contributed by atoms with van der Waals surface area (Å²) in [6.45, 7) is 3.31. The number of aryl methyl sites for hydroxylation is 2. The number of hydrogen-bond donors (Lipinski definition) is 1. The highest BCUT2D eigenvalue weighted by Gasteiger charge is 2.08. The van der Waals surface area contributed by atoms with E-state index in [4.69, 9.17) is 21.6 Å². The van der Waals surface area contributed by atoms with E-state index in [0.29, 0.717) is 10.7 Å². The lowest BCUT2D eigenvalue weighted by Crippen LogP contribution is -2.20. The summed E-state index contributed by atoms with van der Waals surface area (Å²) in [5.41, 5.74) is 3.12. The molecule has 0 heterocycles. The first-order valence-corrected chi connectivity index (χ1v) is 9.16. The number of rotatable bonds is 6. The van der Waals surface area contributed by atoms with Gasteiger partial charge in [-0.3, -0.25) is 4.79 Å². The van der Waals surface area contributed by atoms with Gasteiger partial charge >= 0.3 is 5.97 Å². The van der Waals surface area contributed by atoms with Crippen molar-refractivity contribution in [3.63, 3.8) is 0 Å². The molecule has 0 bridgehead atoms. The molecule has 0 spiro atoms. The van der Waals surface area contributed by atoms with Gasteiger partial charge in [0, 0.05) is 21.7 Å². The van der Waals surface area contributed by atoms with E-state index >= 15 is 0 Å². The standard InChI is InChI=1S/C20H17ClN2O3S/c1-13-3-4-15(10-17(13)21)5-8-20(25)26-11-19(24)23-18-7-6-16(27-12-22)9-14(18)2/h3-10H,11H2,1-2H3,(H,23,24)/b8-5+. The van der Waals surface area contributed by atoms with Crippen LogP contribution in [0.25, 0.3) is 6.08 Å². The zero-order valence-corrected chi connectivity index (χ0v) is 16.4. The minimum absolute atomic E-state index is 0.397. The fraction of sp³-hybridized carbons (Fsp3) is 0.150. The Bertz CT molecular complexity index is 935. The van der Waals surface area contributed by atoms with Gasteiger partial charge in [0.25, 0.3) is 5.91 Å². The molecule has 7 heteroatoms. The van der Waals surface area contributed by atoms with Gasteiger partial charge in [0.05, 0.1) is 0 Å². The number of carbonyl (C=O) groups excluding carboxylic acids is 2. The van der Waals surface area contributed by atoms with E-state index in [9.17, 15) is 9.59 Å². The topological polar surface area (TPSA) is 79.2 Å². The van der Waals surface area contributed by atoms with Crippen LogP contribution in [0, 0.1) is 24.5 Å². The van der Waals surface area contributed by atoms with Gasteiger partial charge in [-0.05, 0) is 72.6 Å². The van der Waals surface area contributed by atoms with Crippen LogP contribution in [-0.2, 0) is 14.3 Å². The highest BCUT2D eigenvalue weighted by Crippen LogP contribution is 2.23. The van der Waals surface area contributed by atoms with Crippen molar-refractivity contribution in [1.82, 2.24) is 0 Å². The molecule has 0 saturated heterocycles. The van der Waals surface area contributed by atoms with E-state index < -0.39 is 18.5 Å². The second-order valence-corrected chi connectivity index (χ2v) is 6.93. The van der Waals surface area contributed by atoms with Gasteiger partial charge in [-0.15, -0.1) is 0 Å². The number of amides is 1. The largest absolute Gasteiger partial charge is 0.452 e. The van der Waals surface area contributed by atoms with Gasteiger partial charge in [0.15, 0.2) is 6.61 Å². The van der Waals surface area contributed by atoms with Crippen LogP contribution in [0.1, 0.15) is 16.7 Å². The minimum atomic E-state index is -0.626. The number of nitriles is 1. The monoisotopic (exact) mass is 400 g/mol. The number of carbonyl (C=O) groups is 2. The molecule has 0 aliphatic rings. The van der Waals surface area contributed by atoms with Gasteiger partial charge < -0.3 is 10.1 Å². The predicted octanol–water partition coefficient (Wildman–Crippen LogP) is 4.73. The number of esters is 1. The number of benzene rings is 2. The average Bonchev–Trinajstić information content (AvgIpc) is 2.63. The number of ether oxygens (including phenoxy) is 1. The maximum Gasteiger partial charge on any atom is 0.331 e. The molecule has 2 rings (SSSR count). The number of thioether (sulfide) groups is 1. The zero-order valence-electron chi connectivity index (χ0n) is 14.8. The Kier molecular flexibility index (Phi) is 7.47. The SMILES string of the molecule is Cc1ccc(/C=C/C(=O)OCC(=O)Nc2ccc(SC#N)cc2C)cc1Cl. The maximum absolute atomic E-state index is 11.9. The molecule has 1 amide bonds. The van der Waals surface area contributed by atoms with Crippen molar-refractivity contribution in [3.05, 3.63) is 64.2 Å². The molecule has 0 unspecified atom stereocenters. The van der Waals surface area contributed by atoms with Crippen molar-refractivity contribution >= 4 is 47.0 Å². The Morgan fingerprint density at radius 2 is 2.00 bits per heavy atom. The summed E-state index contributed by atoms with van der Waals surface area (Å²) < 4.78 is 4.94. The van der Waals surface area contributed by atoms with Gasteiger partial charge in [0.1, 0.15) is 5.40 Å². The molecule has 2 aromatic rings. The fourth-order valence-corrected chi connectivity index (χ4v) is 2.81. The van der Waals surface area contributed by atoms with Crippen LogP contribution in [0.5, 0.6) is 0 Å². The summed E-state index contributed by atoms with van der Waals surface area (Å²) in [5, 5.41) is 13.9. The molecule has 0 aliphatic heterocycles. The number of nitrogens with zero attached hydrogens (tertiary/aromatic N) is 1. The van der Waals surface area contributed by atoms with Crippen LogP contribution >= 0.6 is 23.4 Å². The van der Waals surface area contributed by atoms with Gasteiger partial charge in [0.2, 0.25) is 0 Å². The predicted molar refractivity (Wildman–Crippen MR) is 107 cm³/mol. The van der Waals surface area contributed by atoms with Crippen molar-refractivity contribution in [1.29, 1.82) is 5.26 Å². The number of thiocyanates is 1. The lowest BCUT2D eigenvalue weighted by atomic mass is 10.1. The van der Waals surface area contributed by atoms with Crippen LogP contribution in [0.15, 0.2) is 47.4 Å². The fourth-order valence-electron chi connectivity index (χ4n) is 2.14. The van der Waals surface area contributed by atoms with E-state index in [1.807, 2.05) is 31.4 Å². The average molecular weight is 401 g/mol. The Hall–Kier alpha value is -2.75. The van der Waals surface area contributed by atoms with Crippen molar-refractivity contribution in [2.45, 2.75) is 18.7 Å². The Morgan fingerprint density at radius 3 is 2.67 bits per heavy atom. The Morgan fingerprint density at radius 1 is 1.22 bits per heavy atom. The van der Waals surface area contributed by atoms with Crippen LogP contribution in [0.2, 0.25) is 5.02 Å². The summed E-state index contributed by atoms with van der Waals surface area (Å²) in [5.74, 6) is -1.07. The number of hydrogen-bond acceptors (Lipinski definition) is 5. The Balaban J connectivity index is 1.86. The number of anilines is 1. The van der Waals surface area contributed by atoms with Gasteiger partial charge in [-0.25, -0.2) is 4.79 Å². The van der Waals surface area contributed by atoms with Gasteiger partial charge in [-0.2, -0.15) is 5.26 Å². The van der Waals surface area contributed by atoms with Crippen LogP contribution in [-0.4, -0.2) is 18.5 Å². The third kappa shape index (κ3) is 6.48. The summed E-state index contributed by atoms with van der Waals surface area (Å²) in [6.07, 6.45) is 2.81.